The number of anilines is 1. The van der Waals surface area contributed by atoms with Crippen molar-refractivity contribution in [1.82, 2.24) is 0 Å². The Labute approximate surface area is 134 Å². The lowest BCUT2D eigenvalue weighted by atomic mass is 10.3. The third-order valence-electron chi connectivity index (χ3n) is 2.00. The van der Waals surface area contributed by atoms with Gasteiger partial charge in [-0.3, -0.25) is 15.4 Å². The SMILES string of the molecule is O=C(Nc1cccc(Cl)c1)OC(C[N+](=O)[O-])C(Cl)(Cl)Cl. The van der Waals surface area contributed by atoms with Gasteiger partial charge < -0.3 is 4.74 Å². The molecule has 0 fully saturated rings. The summed E-state index contributed by atoms with van der Waals surface area (Å²) in [5.41, 5.74) is 0.340. The summed E-state index contributed by atoms with van der Waals surface area (Å²) in [4.78, 5) is 21.3. The van der Waals surface area contributed by atoms with Gasteiger partial charge in [-0.15, -0.1) is 0 Å². The summed E-state index contributed by atoms with van der Waals surface area (Å²) in [5, 5.41) is 13.2. The van der Waals surface area contributed by atoms with Gasteiger partial charge in [-0.2, -0.15) is 0 Å². The summed E-state index contributed by atoms with van der Waals surface area (Å²) in [6, 6.07) is 6.21. The number of carbonyl (C=O) groups excluding carboxylic acids is 1. The van der Waals surface area contributed by atoms with E-state index in [1.54, 1.807) is 18.2 Å². The molecule has 1 atom stereocenters. The van der Waals surface area contributed by atoms with Crippen LogP contribution in [0.1, 0.15) is 0 Å². The number of hydrogen-bond donors (Lipinski definition) is 1. The molecule has 1 unspecified atom stereocenters. The van der Waals surface area contributed by atoms with Gasteiger partial charge in [0.2, 0.25) is 16.4 Å². The Bertz CT molecular complexity index is 506. The van der Waals surface area contributed by atoms with E-state index in [0.29, 0.717) is 10.7 Å². The molecule has 0 aliphatic heterocycles. The number of carbonyl (C=O) groups is 1. The Morgan fingerprint density at radius 2 is 2.10 bits per heavy atom. The molecule has 1 aromatic carbocycles. The lowest BCUT2D eigenvalue weighted by molar-refractivity contribution is -0.489. The number of nitro groups is 1. The van der Waals surface area contributed by atoms with Crippen molar-refractivity contribution in [1.29, 1.82) is 0 Å². The summed E-state index contributed by atoms with van der Waals surface area (Å²) in [6.07, 6.45) is -2.52. The number of alkyl halides is 3. The van der Waals surface area contributed by atoms with Crippen LogP contribution in [0.25, 0.3) is 0 Å². The number of hydrogen-bond acceptors (Lipinski definition) is 4. The molecule has 1 rings (SSSR count). The van der Waals surface area contributed by atoms with Crippen LogP contribution in [0.3, 0.4) is 0 Å². The molecule has 110 valence electrons. The number of benzene rings is 1. The van der Waals surface area contributed by atoms with Crippen molar-refractivity contribution in [3.05, 3.63) is 39.4 Å². The second kappa shape index (κ2) is 7.17. The van der Waals surface area contributed by atoms with Crippen LogP contribution in [0.2, 0.25) is 5.02 Å². The van der Waals surface area contributed by atoms with Gasteiger partial charge in [0.05, 0.1) is 0 Å². The molecular weight excluding hydrogens is 354 g/mol. The number of nitrogens with zero attached hydrogens (tertiary/aromatic N) is 1. The standard InChI is InChI=1S/C10H8Cl4N2O4/c11-6-2-1-3-7(4-6)15-9(17)20-8(5-16(18)19)10(12,13)14/h1-4,8H,5H2,(H,15,17). The molecule has 0 heterocycles. The minimum Gasteiger partial charge on any atom is -0.434 e. The van der Waals surface area contributed by atoms with Crippen LogP contribution in [0, 0.1) is 10.1 Å². The number of ether oxygens (including phenoxy) is 1. The summed E-state index contributed by atoms with van der Waals surface area (Å²) < 4.78 is 2.63. The van der Waals surface area contributed by atoms with E-state index in [1.165, 1.54) is 6.07 Å². The number of amides is 1. The maximum Gasteiger partial charge on any atom is 0.412 e. The Hall–Kier alpha value is -0.950. The van der Waals surface area contributed by atoms with E-state index >= 15 is 0 Å². The van der Waals surface area contributed by atoms with Crippen LogP contribution in [-0.2, 0) is 4.74 Å². The second-order valence-electron chi connectivity index (χ2n) is 3.59. The maximum atomic E-state index is 11.6. The highest BCUT2D eigenvalue weighted by molar-refractivity contribution is 6.68. The van der Waals surface area contributed by atoms with E-state index in [-0.39, 0.29) is 0 Å². The predicted octanol–water partition coefficient (Wildman–Crippen LogP) is 3.90. The van der Waals surface area contributed by atoms with Gasteiger partial charge in [0.25, 0.3) is 0 Å². The average Bonchev–Trinajstić information content (AvgIpc) is 2.26. The predicted molar refractivity (Wildman–Crippen MR) is 77.5 cm³/mol. The van der Waals surface area contributed by atoms with E-state index in [0.717, 1.165) is 0 Å². The lowest BCUT2D eigenvalue weighted by Crippen LogP contribution is -2.38. The monoisotopic (exact) mass is 360 g/mol. The fourth-order valence-electron chi connectivity index (χ4n) is 1.19. The highest BCUT2D eigenvalue weighted by Gasteiger charge is 2.40. The molecule has 0 aliphatic rings. The van der Waals surface area contributed by atoms with Crippen molar-refractivity contribution < 1.29 is 14.5 Å². The summed E-state index contributed by atoms with van der Waals surface area (Å²) in [5.74, 6) is 0. The molecule has 0 aromatic heterocycles. The Kier molecular flexibility index (Phi) is 6.13. The van der Waals surface area contributed by atoms with Crippen molar-refractivity contribution in [2.45, 2.75) is 9.90 Å². The van der Waals surface area contributed by atoms with Crippen LogP contribution >= 0.6 is 46.4 Å². The Balaban J connectivity index is 2.69. The van der Waals surface area contributed by atoms with Gasteiger partial charge in [0, 0.05) is 15.6 Å². The molecule has 10 heteroatoms. The van der Waals surface area contributed by atoms with Crippen LogP contribution in [0.4, 0.5) is 10.5 Å². The van der Waals surface area contributed by atoms with Gasteiger partial charge in [0.15, 0.2) is 0 Å². The zero-order valence-corrected chi connectivity index (χ0v) is 12.7. The lowest BCUT2D eigenvalue weighted by Gasteiger charge is -2.21. The average molecular weight is 362 g/mol. The highest BCUT2D eigenvalue weighted by Crippen LogP contribution is 2.32. The Morgan fingerprint density at radius 3 is 2.60 bits per heavy atom. The second-order valence-corrected chi connectivity index (χ2v) is 6.39. The van der Waals surface area contributed by atoms with E-state index in [1.807, 2.05) is 0 Å². The van der Waals surface area contributed by atoms with E-state index in [4.69, 9.17) is 51.1 Å². The van der Waals surface area contributed by atoms with Crippen LogP contribution < -0.4 is 5.32 Å². The van der Waals surface area contributed by atoms with Crippen molar-refractivity contribution in [3.8, 4) is 0 Å². The zero-order valence-electron chi connectivity index (χ0n) is 9.69. The third-order valence-corrected chi connectivity index (χ3v) is 2.97. The molecule has 0 bridgehead atoms. The molecule has 1 aromatic rings. The minimum atomic E-state index is -2.11. The zero-order chi connectivity index (χ0) is 15.3. The van der Waals surface area contributed by atoms with Crippen molar-refractivity contribution in [3.63, 3.8) is 0 Å². The normalized spacial score (nSPS) is 12.6. The molecule has 0 radical (unpaired) electrons. The van der Waals surface area contributed by atoms with E-state index in [9.17, 15) is 14.9 Å². The maximum absolute atomic E-state index is 11.6. The van der Waals surface area contributed by atoms with Gasteiger partial charge in [-0.25, -0.2) is 4.79 Å². The molecule has 1 N–H and O–H groups in total. The van der Waals surface area contributed by atoms with Crippen LogP contribution in [0.15, 0.2) is 24.3 Å². The smallest absolute Gasteiger partial charge is 0.412 e. The van der Waals surface area contributed by atoms with Crippen LogP contribution in [-0.4, -0.2) is 27.5 Å². The summed E-state index contributed by atoms with van der Waals surface area (Å²) in [7, 11) is 0. The van der Waals surface area contributed by atoms with Gasteiger partial charge in [-0.1, -0.05) is 52.5 Å². The number of nitrogens with one attached hydrogen (secondary N) is 1. The molecule has 1 amide bonds. The molecular formula is C10H8Cl4N2O4. The van der Waals surface area contributed by atoms with Crippen molar-refractivity contribution in [2.75, 3.05) is 11.9 Å². The largest absolute Gasteiger partial charge is 0.434 e. The fraction of sp³-hybridized carbons (Fsp3) is 0.300. The molecule has 0 saturated heterocycles. The Morgan fingerprint density at radius 1 is 1.45 bits per heavy atom. The summed E-state index contributed by atoms with van der Waals surface area (Å²) >= 11 is 22.3. The molecule has 0 saturated carbocycles. The molecule has 20 heavy (non-hydrogen) atoms. The number of rotatable bonds is 4. The highest BCUT2D eigenvalue weighted by atomic mass is 35.6. The summed E-state index contributed by atoms with van der Waals surface area (Å²) in [6.45, 7) is -0.834. The quantitative estimate of drug-likeness (QED) is 0.500. The van der Waals surface area contributed by atoms with Crippen molar-refractivity contribution in [2.24, 2.45) is 0 Å². The molecule has 0 aliphatic carbocycles. The van der Waals surface area contributed by atoms with E-state index in [2.05, 4.69) is 5.32 Å². The van der Waals surface area contributed by atoms with Crippen LogP contribution in [0.5, 0.6) is 0 Å². The molecule has 6 nitrogen and oxygen atoms in total. The van der Waals surface area contributed by atoms with E-state index < -0.39 is 27.5 Å². The van der Waals surface area contributed by atoms with Gasteiger partial charge >= 0.3 is 6.09 Å². The minimum absolute atomic E-state index is 0.340. The first-order chi connectivity index (χ1) is 9.18. The first-order valence-corrected chi connectivity index (χ1v) is 6.61. The van der Waals surface area contributed by atoms with Crippen molar-refractivity contribution >= 4 is 58.2 Å². The first-order valence-electron chi connectivity index (χ1n) is 5.10. The topological polar surface area (TPSA) is 81.5 Å². The van der Waals surface area contributed by atoms with Gasteiger partial charge in [0.1, 0.15) is 0 Å². The number of halogens is 4. The third kappa shape index (κ3) is 6.00. The first kappa shape index (κ1) is 17.1. The molecule has 0 spiro atoms. The fourth-order valence-corrected chi connectivity index (χ4v) is 1.72. The van der Waals surface area contributed by atoms with Gasteiger partial charge in [-0.05, 0) is 18.2 Å².